The van der Waals surface area contributed by atoms with Crippen LogP contribution in [0.2, 0.25) is 0 Å². The number of anilines is 2. The van der Waals surface area contributed by atoms with Crippen LogP contribution in [0, 0.1) is 0 Å². The van der Waals surface area contributed by atoms with Crippen molar-refractivity contribution >= 4 is 39.9 Å². The van der Waals surface area contributed by atoms with Crippen LogP contribution in [0.25, 0.3) is 0 Å². The lowest BCUT2D eigenvalue weighted by molar-refractivity contribution is -0.119. The minimum atomic E-state index is -0.621. The molecule has 1 amide bonds. The summed E-state index contributed by atoms with van der Waals surface area (Å²) in [6.45, 7) is -0.452. The third kappa shape index (κ3) is 4.28. The van der Waals surface area contributed by atoms with Crippen LogP contribution < -0.4 is 11.1 Å². The van der Waals surface area contributed by atoms with Gasteiger partial charge in [0, 0.05) is 10.6 Å². The molecular weight excluding hydrogens is 368 g/mol. The van der Waals surface area contributed by atoms with Crippen molar-refractivity contribution in [3.8, 4) is 0 Å². The second-order valence-electron chi connectivity index (χ2n) is 6.15. The van der Waals surface area contributed by atoms with Gasteiger partial charge in [-0.25, -0.2) is 9.59 Å². The van der Waals surface area contributed by atoms with Crippen molar-refractivity contribution in [2.75, 3.05) is 24.8 Å². The smallest absolute Gasteiger partial charge is 0.341 e. The molecule has 0 unspecified atom stereocenters. The van der Waals surface area contributed by atoms with Crippen molar-refractivity contribution < 1.29 is 23.9 Å². The van der Waals surface area contributed by atoms with E-state index in [2.05, 4.69) is 5.32 Å². The SMILES string of the molecule is COC(=O)c1c(NC(=O)COC(=O)c2ccc(N)cc2)sc2c1CCCC2. The minimum absolute atomic E-state index is 0.304. The molecule has 142 valence electrons. The van der Waals surface area contributed by atoms with E-state index in [-0.39, 0.29) is 0 Å². The number of esters is 2. The first-order valence-electron chi connectivity index (χ1n) is 8.55. The fourth-order valence-corrected chi connectivity index (χ4v) is 4.26. The first-order chi connectivity index (χ1) is 13.0. The number of fused-ring (bicyclic) bond motifs is 1. The van der Waals surface area contributed by atoms with Gasteiger partial charge in [-0.15, -0.1) is 11.3 Å². The molecule has 2 aromatic rings. The van der Waals surface area contributed by atoms with Crippen LogP contribution >= 0.6 is 11.3 Å². The van der Waals surface area contributed by atoms with E-state index < -0.39 is 24.5 Å². The molecule has 1 aliphatic rings. The molecule has 1 aromatic heterocycles. The molecule has 7 nitrogen and oxygen atoms in total. The van der Waals surface area contributed by atoms with Crippen LogP contribution in [-0.4, -0.2) is 31.6 Å². The summed E-state index contributed by atoms with van der Waals surface area (Å²) in [6.07, 6.45) is 3.73. The van der Waals surface area contributed by atoms with Gasteiger partial charge in [-0.05, 0) is 55.5 Å². The fourth-order valence-electron chi connectivity index (χ4n) is 2.97. The zero-order valence-corrected chi connectivity index (χ0v) is 15.7. The van der Waals surface area contributed by atoms with Gasteiger partial charge in [-0.2, -0.15) is 0 Å². The number of carbonyl (C=O) groups is 3. The maximum absolute atomic E-state index is 12.2. The van der Waals surface area contributed by atoms with E-state index >= 15 is 0 Å². The molecule has 0 aliphatic heterocycles. The first kappa shape index (κ1) is 18.9. The van der Waals surface area contributed by atoms with E-state index in [9.17, 15) is 14.4 Å². The number of rotatable bonds is 5. The highest BCUT2D eigenvalue weighted by Crippen LogP contribution is 2.38. The van der Waals surface area contributed by atoms with Crippen molar-refractivity contribution in [3.05, 3.63) is 45.8 Å². The van der Waals surface area contributed by atoms with Crippen molar-refractivity contribution in [1.29, 1.82) is 0 Å². The number of carbonyl (C=O) groups excluding carboxylic acids is 3. The summed E-state index contributed by atoms with van der Waals surface area (Å²) in [5.74, 6) is -1.60. The molecule has 0 atom stereocenters. The van der Waals surface area contributed by atoms with Crippen molar-refractivity contribution in [2.45, 2.75) is 25.7 Å². The lowest BCUT2D eigenvalue weighted by Crippen LogP contribution is -2.21. The second-order valence-corrected chi connectivity index (χ2v) is 7.26. The molecule has 3 N–H and O–H groups in total. The van der Waals surface area contributed by atoms with Crippen molar-refractivity contribution in [3.63, 3.8) is 0 Å². The zero-order chi connectivity index (χ0) is 19.4. The van der Waals surface area contributed by atoms with Crippen LogP contribution in [0.1, 0.15) is 44.0 Å². The number of nitrogens with one attached hydrogen (secondary N) is 1. The topological polar surface area (TPSA) is 108 Å². The molecule has 1 aromatic carbocycles. The molecule has 27 heavy (non-hydrogen) atoms. The summed E-state index contributed by atoms with van der Waals surface area (Å²) in [5.41, 5.74) is 7.77. The van der Waals surface area contributed by atoms with Gasteiger partial charge in [-0.3, -0.25) is 4.79 Å². The Morgan fingerprint density at radius 3 is 2.52 bits per heavy atom. The van der Waals surface area contributed by atoms with Gasteiger partial charge in [0.15, 0.2) is 6.61 Å². The summed E-state index contributed by atoms with van der Waals surface area (Å²) >= 11 is 1.38. The molecule has 1 aliphatic carbocycles. The fraction of sp³-hybridized carbons (Fsp3) is 0.316. The Labute approximate surface area is 160 Å². The average Bonchev–Trinajstić information content (AvgIpc) is 3.03. The summed E-state index contributed by atoms with van der Waals surface area (Å²) in [5, 5.41) is 3.13. The van der Waals surface area contributed by atoms with Gasteiger partial charge in [-0.1, -0.05) is 0 Å². The van der Waals surface area contributed by atoms with Crippen LogP contribution in [0.5, 0.6) is 0 Å². The third-order valence-corrected chi connectivity index (χ3v) is 5.50. The summed E-state index contributed by atoms with van der Waals surface area (Å²) < 4.78 is 9.90. The maximum Gasteiger partial charge on any atom is 0.341 e. The predicted molar refractivity (Wildman–Crippen MR) is 102 cm³/mol. The number of nitrogens with two attached hydrogens (primary N) is 1. The molecule has 0 radical (unpaired) electrons. The highest BCUT2D eigenvalue weighted by atomic mass is 32.1. The van der Waals surface area contributed by atoms with E-state index in [1.807, 2.05) is 0 Å². The molecule has 0 saturated heterocycles. The number of methoxy groups -OCH3 is 1. The van der Waals surface area contributed by atoms with E-state index in [1.54, 1.807) is 12.1 Å². The number of hydrogen-bond acceptors (Lipinski definition) is 7. The Kier molecular flexibility index (Phi) is 5.75. The summed E-state index contributed by atoms with van der Waals surface area (Å²) in [4.78, 5) is 37.5. The third-order valence-electron chi connectivity index (χ3n) is 4.29. The summed E-state index contributed by atoms with van der Waals surface area (Å²) in [7, 11) is 1.31. The monoisotopic (exact) mass is 388 g/mol. The number of ether oxygens (including phenoxy) is 2. The van der Waals surface area contributed by atoms with E-state index in [1.165, 1.54) is 30.6 Å². The van der Waals surface area contributed by atoms with Crippen LogP contribution in [0.3, 0.4) is 0 Å². The molecule has 0 saturated carbocycles. The highest BCUT2D eigenvalue weighted by molar-refractivity contribution is 7.17. The standard InChI is InChI=1S/C19H20N2O5S/c1-25-19(24)16-13-4-2-3-5-14(13)27-17(16)21-15(22)10-26-18(23)11-6-8-12(20)9-7-11/h6-9H,2-5,10,20H2,1H3,(H,21,22). The van der Waals surface area contributed by atoms with Gasteiger partial charge >= 0.3 is 11.9 Å². The van der Waals surface area contributed by atoms with Crippen LogP contribution in [-0.2, 0) is 27.1 Å². The normalized spacial score (nSPS) is 12.8. The Balaban J connectivity index is 1.67. The predicted octanol–water partition coefficient (Wildman–Crippen LogP) is 2.79. The number of amides is 1. The Hall–Kier alpha value is -2.87. The lowest BCUT2D eigenvalue weighted by atomic mass is 9.95. The van der Waals surface area contributed by atoms with Gasteiger partial charge in [0.1, 0.15) is 5.00 Å². The number of thiophene rings is 1. The quantitative estimate of drug-likeness (QED) is 0.602. The average molecular weight is 388 g/mol. The van der Waals surface area contributed by atoms with Gasteiger partial charge in [0.25, 0.3) is 5.91 Å². The first-order valence-corrected chi connectivity index (χ1v) is 9.36. The minimum Gasteiger partial charge on any atom is -0.465 e. The molecular formula is C19H20N2O5S. The van der Waals surface area contributed by atoms with E-state index in [0.29, 0.717) is 21.8 Å². The molecule has 0 bridgehead atoms. The number of benzene rings is 1. The van der Waals surface area contributed by atoms with Gasteiger partial charge in [0.2, 0.25) is 0 Å². The number of nitrogen functional groups attached to an aromatic ring is 1. The van der Waals surface area contributed by atoms with Gasteiger partial charge in [0.05, 0.1) is 18.2 Å². The van der Waals surface area contributed by atoms with Crippen molar-refractivity contribution in [2.24, 2.45) is 0 Å². The van der Waals surface area contributed by atoms with Crippen LogP contribution in [0.4, 0.5) is 10.7 Å². The Morgan fingerprint density at radius 2 is 1.81 bits per heavy atom. The molecule has 8 heteroatoms. The van der Waals surface area contributed by atoms with Gasteiger partial charge < -0.3 is 20.5 Å². The highest BCUT2D eigenvalue weighted by Gasteiger charge is 2.27. The van der Waals surface area contributed by atoms with Crippen LogP contribution in [0.15, 0.2) is 24.3 Å². The molecule has 0 spiro atoms. The molecule has 0 fully saturated rings. The van der Waals surface area contributed by atoms with Crippen molar-refractivity contribution in [1.82, 2.24) is 0 Å². The number of hydrogen-bond donors (Lipinski definition) is 2. The molecule has 3 rings (SSSR count). The zero-order valence-electron chi connectivity index (χ0n) is 14.9. The Morgan fingerprint density at radius 1 is 1.11 bits per heavy atom. The summed E-state index contributed by atoms with van der Waals surface area (Å²) in [6, 6.07) is 6.21. The van der Waals surface area contributed by atoms with E-state index in [0.717, 1.165) is 36.1 Å². The van der Waals surface area contributed by atoms with E-state index in [4.69, 9.17) is 15.2 Å². The largest absolute Gasteiger partial charge is 0.465 e. The lowest BCUT2D eigenvalue weighted by Gasteiger charge is -2.11. The number of aryl methyl sites for hydroxylation is 1. The second kappa shape index (κ2) is 8.22. The maximum atomic E-state index is 12.2. The Bertz CT molecular complexity index is 873. The molecule has 1 heterocycles.